The first-order valence-electron chi connectivity index (χ1n) is 9.82. The summed E-state index contributed by atoms with van der Waals surface area (Å²) >= 11 is 0. The Hall–Kier alpha value is -3.86. The third-order valence-electron chi connectivity index (χ3n) is 5.52. The summed E-state index contributed by atoms with van der Waals surface area (Å²) in [4.78, 5) is 17.4. The standard InChI is InChI=1S/C25H21N3O2/c1-28-12-11-18-13-20(7-10-24(18)28)26-25(29)17-5-3-16(4-6-17)23-15-19-14-21(30-2)8-9-22(19)27-23/h3-14H,15H2,1-2H3,(H,26,29). The molecule has 0 radical (unpaired) electrons. The van der Waals surface area contributed by atoms with Crippen molar-refractivity contribution in [2.45, 2.75) is 6.42 Å². The second-order valence-corrected chi connectivity index (χ2v) is 7.46. The zero-order valence-corrected chi connectivity index (χ0v) is 16.8. The zero-order valence-electron chi connectivity index (χ0n) is 16.8. The lowest BCUT2D eigenvalue weighted by atomic mass is 10.0. The van der Waals surface area contributed by atoms with Crippen LogP contribution in [-0.4, -0.2) is 23.3 Å². The van der Waals surface area contributed by atoms with E-state index in [9.17, 15) is 4.79 Å². The highest BCUT2D eigenvalue weighted by molar-refractivity contribution is 6.08. The first-order valence-corrected chi connectivity index (χ1v) is 9.82. The maximum atomic E-state index is 12.7. The van der Waals surface area contributed by atoms with Crippen LogP contribution < -0.4 is 10.1 Å². The average molecular weight is 395 g/mol. The van der Waals surface area contributed by atoms with E-state index < -0.39 is 0 Å². The molecule has 0 saturated carbocycles. The monoisotopic (exact) mass is 395 g/mol. The quantitative estimate of drug-likeness (QED) is 0.522. The molecule has 5 nitrogen and oxygen atoms in total. The molecule has 1 aliphatic rings. The molecule has 0 saturated heterocycles. The van der Waals surface area contributed by atoms with Gasteiger partial charge in [-0.25, -0.2) is 0 Å². The van der Waals surface area contributed by atoms with Gasteiger partial charge in [0.15, 0.2) is 0 Å². The summed E-state index contributed by atoms with van der Waals surface area (Å²) in [6.07, 6.45) is 2.77. The smallest absolute Gasteiger partial charge is 0.255 e. The lowest BCUT2D eigenvalue weighted by Gasteiger charge is -2.07. The highest BCUT2D eigenvalue weighted by Gasteiger charge is 2.17. The predicted molar refractivity (Wildman–Crippen MR) is 120 cm³/mol. The summed E-state index contributed by atoms with van der Waals surface area (Å²) in [6, 6.07) is 21.5. The molecule has 3 aromatic carbocycles. The molecule has 1 aliphatic heterocycles. The van der Waals surface area contributed by atoms with E-state index in [1.165, 1.54) is 0 Å². The minimum Gasteiger partial charge on any atom is -0.497 e. The van der Waals surface area contributed by atoms with E-state index in [4.69, 9.17) is 9.73 Å². The van der Waals surface area contributed by atoms with Crippen LogP contribution >= 0.6 is 0 Å². The molecule has 1 aromatic heterocycles. The van der Waals surface area contributed by atoms with Gasteiger partial charge >= 0.3 is 0 Å². The Balaban J connectivity index is 1.31. The Labute approximate surface area is 174 Å². The number of aryl methyl sites for hydroxylation is 1. The molecule has 30 heavy (non-hydrogen) atoms. The molecule has 5 rings (SSSR count). The van der Waals surface area contributed by atoms with Crippen LogP contribution in [-0.2, 0) is 13.5 Å². The molecule has 0 aliphatic carbocycles. The minimum atomic E-state index is -0.127. The topological polar surface area (TPSA) is 55.6 Å². The van der Waals surface area contributed by atoms with Crippen molar-refractivity contribution in [2.75, 3.05) is 12.4 Å². The number of methoxy groups -OCH3 is 1. The van der Waals surface area contributed by atoms with E-state index in [0.717, 1.165) is 51.3 Å². The molecule has 5 heteroatoms. The number of aromatic nitrogens is 1. The van der Waals surface area contributed by atoms with Crippen molar-refractivity contribution in [3.8, 4) is 5.75 Å². The Kier molecular flexibility index (Phi) is 4.36. The van der Waals surface area contributed by atoms with Gasteiger partial charge in [0.1, 0.15) is 5.75 Å². The average Bonchev–Trinajstić information content (AvgIpc) is 3.36. The largest absolute Gasteiger partial charge is 0.497 e. The molecule has 0 atom stereocenters. The molecule has 0 spiro atoms. The van der Waals surface area contributed by atoms with E-state index in [-0.39, 0.29) is 5.91 Å². The maximum absolute atomic E-state index is 12.7. The van der Waals surface area contributed by atoms with Gasteiger partial charge in [-0.15, -0.1) is 0 Å². The van der Waals surface area contributed by atoms with Gasteiger partial charge in [-0.1, -0.05) is 12.1 Å². The Bertz CT molecular complexity index is 1300. The number of amides is 1. The molecule has 148 valence electrons. The summed E-state index contributed by atoms with van der Waals surface area (Å²) in [7, 11) is 3.67. The number of aliphatic imine (C=N–C) groups is 1. The van der Waals surface area contributed by atoms with Crippen LogP contribution in [0.4, 0.5) is 11.4 Å². The number of fused-ring (bicyclic) bond motifs is 2. The number of benzene rings is 3. The van der Waals surface area contributed by atoms with Crippen molar-refractivity contribution in [1.82, 2.24) is 4.57 Å². The van der Waals surface area contributed by atoms with Gasteiger partial charge in [0, 0.05) is 41.8 Å². The predicted octanol–water partition coefficient (Wildman–Crippen LogP) is 5.12. The lowest BCUT2D eigenvalue weighted by molar-refractivity contribution is 0.102. The second kappa shape index (κ2) is 7.19. The summed E-state index contributed by atoms with van der Waals surface area (Å²) in [5.41, 5.74) is 6.68. The SMILES string of the molecule is COc1ccc2c(c1)CC(c1ccc(C(=O)Nc3ccc4c(ccn4C)c3)cc1)=N2. The molecular weight excluding hydrogens is 374 g/mol. The molecule has 1 amide bonds. The Morgan fingerprint density at radius 3 is 2.67 bits per heavy atom. The number of hydrogen-bond donors (Lipinski definition) is 1. The lowest BCUT2D eigenvalue weighted by Crippen LogP contribution is -2.12. The number of nitrogens with one attached hydrogen (secondary N) is 1. The van der Waals surface area contributed by atoms with Crippen molar-refractivity contribution in [2.24, 2.45) is 12.0 Å². The Morgan fingerprint density at radius 2 is 1.87 bits per heavy atom. The number of carbonyl (C=O) groups excluding carboxylic acids is 1. The van der Waals surface area contributed by atoms with Crippen LogP contribution in [0.1, 0.15) is 21.5 Å². The van der Waals surface area contributed by atoms with E-state index in [2.05, 4.69) is 9.88 Å². The zero-order chi connectivity index (χ0) is 20.7. The number of anilines is 1. The molecular formula is C25H21N3O2. The maximum Gasteiger partial charge on any atom is 0.255 e. The fourth-order valence-corrected chi connectivity index (χ4v) is 3.85. The van der Waals surface area contributed by atoms with E-state index in [1.807, 2.05) is 80.0 Å². The fraction of sp³-hybridized carbons (Fsp3) is 0.120. The number of rotatable bonds is 4. The van der Waals surface area contributed by atoms with Crippen molar-refractivity contribution < 1.29 is 9.53 Å². The van der Waals surface area contributed by atoms with Crippen LogP contribution in [0.5, 0.6) is 5.75 Å². The van der Waals surface area contributed by atoms with Gasteiger partial charge in [0.25, 0.3) is 5.91 Å². The van der Waals surface area contributed by atoms with Crippen molar-refractivity contribution in [3.63, 3.8) is 0 Å². The van der Waals surface area contributed by atoms with Crippen LogP contribution in [0, 0.1) is 0 Å². The van der Waals surface area contributed by atoms with Crippen LogP contribution in [0.15, 0.2) is 77.9 Å². The molecule has 4 aromatic rings. The summed E-state index contributed by atoms with van der Waals surface area (Å²) < 4.78 is 7.35. The third kappa shape index (κ3) is 3.24. The number of carbonyl (C=O) groups is 1. The van der Waals surface area contributed by atoms with Gasteiger partial charge in [-0.3, -0.25) is 9.79 Å². The molecule has 0 unspecified atom stereocenters. The number of nitrogens with zero attached hydrogens (tertiary/aromatic N) is 2. The fourth-order valence-electron chi connectivity index (χ4n) is 3.85. The van der Waals surface area contributed by atoms with E-state index >= 15 is 0 Å². The molecule has 2 heterocycles. The first-order chi connectivity index (χ1) is 14.6. The van der Waals surface area contributed by atoms with Crippen molar-refractivity contribution in [3.05, 3.63) is 89.6 Å². The summed E-state index contributed by atoms with van der Waals surface area (Å²) in [5.74, 6) is 0.712. The van der Waals surface area contributed by atoms with Gasteiger partial charge in [0.05, 0.1) is 18.5 Å². The first kappa shape index (κ1) is 18.2. The Morgan fingerprint density at radius 1 is 1.03 bits per heavy atom. The van der Waals surface area contributed by atoms with Crippen molar-refractivity contribution in [1.29, 1.82) is 0 Å². The van der Waals surface area contributed by atoms with E-state index in [0.29, 0.717) is 5.56 Å². The molecule has 0 fully saturated rings. The minimum absolute atomic E-state index is 0.127. The van der Waals surface area contributed by atoms with Crippen LogP contribution in [0.2, 0.25) is 0 Å². The van der Waals surface area contributed by atoms with Gasteiger partial charge in [0.2, 0.25) is 0 Å². The third-order valence-corrected chi connectivity index (χ3v) is 5.52. The van der Waals surface area contributed by atoms with Gasteiger partial charge in [-0.2, -0.15) is 0 Å². The van der Waals surface area contributed by atoms with E-state index in [1.54, 1.807) is 7.11 Å². The highest BCUT2D eigenvalue weighted by atomic mass is 16.5. The number of ether oxygens (including phenoxy) is 1. The van der Waals surface area contributed by atoms with Gasteiger partial charge in [-0.05, 0) is 65.7 Å². The van der Waals surface area contributed by atoms with Crippen LogP contribution in [0.3, 0.4) is 0 Å². The highest BCUT2D eigenvalue weighted by Crippen LogP contribution is 2.32. The summed E-state index contributed by atoms with van der Waals surface area (Å²) in [6.45, 7) is 0. The summed E-state index contributed by atoms with van der Waals surface area (Å²) in [5, 5.41) is 4.08. The van der Waals surface area contributed by atoms with Gasteiger partial charge < -0.3 is 14.6 Å². The van der Waals surface area contributed by atoms with Crippen LogP contribution in [0.25, 0.3) is 10.9 Å². The normalized spacial score (nSPS) is 12.5. The second-order valence-electron chi connectivity index (χ2n) is 7.46. The number of hydrogen-bond acceptors (Lipinski definition) is 3. The van der Waals surface area contributed by atoms with Crippen molar-refractivity contribution >= 4 is 33.9 Å². The molecule has 1 N–H and O–H groups in total. The molecule has 0 bridgehead atoms.